The standard InChI is InChI=1S/C12H19BrN2/c1-9(2)4-5-10(3)15-12-6-11(13)7-14-8-12/h6-10,15H,4-5H2,1-3H3. The van der Waals surface area contributed by atoms with Gasteiger partial charge in [0.25, 0.3) is 0 Å². The maximum atomic E-state index is 4.12. The summed E-state index contributed by atoms with van der Waals surface area (Å²) < 4.78 is 1.02. The smallest absolute Gasteiger partial charge is 0.0540 e. The summed E-state index contributed by atoms with van der Waals surface area (Å²) in [6.07, 6.45) is 6.11. The number of pyridine rings is 1. The SMILES string of the molecule is CC(C)CCC(C)Nc1cncc(Br)c1. The first-order valence-corrected chi connectivity index (χ1v) is 6.24. The highest BCUT2D eigenvalue weighted by molar-refractivity contribution is 9.10. The zero-order valence-corrected chi connectivity index (χ0v) is 11.2. The van der Waals surface area contributed by atoms with Crippen LogP contribution in [0.3, 0.4) is 0 Å². The second-order valence-electron chi connectivity index (χ2n) is 4.41. The molecule has 1 N–H and O–H groups in total. The molecule has 0 aliphatic carbocycles. The van der Waals surface area contributed by atoms with E-state index in [9.17, 15) is 0 Å². The maximum absolute atomic E-state index is 4.12. The second-order valence-corrected chi connectivity index (χ2v) is 5.32. The molecule has 1 aromatic rings. The van der Waals surface area contributed by atoms with Gasteiger partial charge in [-0.05, 0) is 47.7 Å². The molecular formula is C12H19BrN2. The first-order valence-electron chi connectivity index (χ1n) is 5.45. The molecule has 15 heavy (non-hydrogen) atoms. The molecule has 1 atom stereocenters. The van der Waals surface area contributed by atoms with Crippen molar-refractivity contribution in [2.45, 2.75) is 39.7 Å². The molecule has 0 aliphatic rings. The van der Waals surface area contributed by atoms with Crippen molar-refractivity contribution in [3.63, 3.8) is 0 Å². The van der Waals surface area contributed by atoms with E-state index < -0.39 is 0 Å². The number of nitrogens with zero attached hydrogens (tertiary/aromatic N) is 1. The summed E-state index contributed by atoms with van der Waals surface area (Å²) in [5.74, 6) is 0.773. The van der Waals surface area contributed by atoms with Crippen LogP contribution in [-0.2, 0) is 0 Å². The van der Waals surface area contributed by atoms with Crippen LogP contribution in [0.25, 0.3) is 0 Å². The van der Waals surface area contributed by atoms with E-state index in [2.05, 4.69) is 53.1 Å². The van der Waals surface area contributed by atoms with Crippen molar-refractivity contribution in [3.05, 3.63) is 22.9 Å². The van der Waals surface area contributed by atoms with E-state index >= 15 is 0 Å². The molecule has 0 aliphatic heterocycles. The lowest BCUT2D eigenvalue weighted by Gasteiger charge is -2.16. The lowest BCUT2D eigenvalue weighted by molar-refractivity contribution is 0.527. The molecule has 0 saturated heterocycles. The maximum Gasteiger partial charge on any atom is 0.0540 e. The number of halogens is 1. The highest BCUT2D eigenvalue weighted by Crippen LogP contribution is 2.16. The zero-order chi connectivity index (χ0) is 11.3. The Morgan fingerprint density at radius 1 is 1.27 bits per heavy atom. The quantitative estimate of drug-likeness (QED) is 0.872. The third kappa shape index (κ3) is 5.17. The van der Waals surface area contributed by atoms with Gasteiger partial charge < -0.3 is 5.32 Å². The predicted octanol–water partition coefficient (Wildman–Crippen LogP) is 4.08. The normalized spacial score (nSPS) is 12.9. The molecule has 3 heteroatoms. The van der Waals surface area contributed by atoms with Crippen LogP contribution in [0.4, 0.5) is 5.69 Å². The van der Waals surface area contributed by atoms with E-state index in [1.54, 1.807) is 6.20 Å². The van der Waals surface area contributed by atoms with Crippen molar-refractivity contribution in [1.29, 1.82) is 0 Å². The van der Waals surface area contributed by atoms with E-state index in [0.29, 0.717) is 6.04 Å². The number of hydrogen-bond acceptors (Lipinski definition) is 2. The van der Waals surface area contributed by atoms with E-state index in [1.165, 1.54) is 12.8 Å². The van der Waals surface area contributed by atoms with Crippen LogP contribution in [-0.4, -0.2) is 11.0 Å². The molecule has 2 nitrogen and oxygen atoms in total. The van der Waals surface area contributed by atoms with Gasteiger partial charge in [0.05, 0.1) is 11.9 Å². The van der Waals surface area contributed by atoms with Gasteiger partial charge in [-0.15, -0.1) is 0 Å². The monoisotopic (exact) mass is 270 g/mol. The Balaban J connectivity index is 2.40. The number of aromatic nitrogens is 1. The van der Waals surface area contributed by atoms with Crippen LogP contribution in [0.2, 0.25) is 0 Å². The van der Waals surface area contributed by atoms with Crippen LogP contribution >= 0.6 is 15.9 Å². The summed E-state index contributed by atoms with van der Waals surface area (Å²) >= 11 is 3.41. The molecular weight excluding hydrogens is 252 g/mol. The number of hydrogen-bond donors (Lipinski definition) is 1. The number of anilines is 1. The van der Waals surface area contributed by atoms with Crippen molar-refractivity contribution in [1.82, 2.24) is 4.98 Å². The van der Waals surface area contributed by atoms with Crippen molar-refractivity contribution < 1.29 is 0 Å². The van der Waals surface area contributed by atoms with Crippen molar-refractivity contribution in [2.75, 3.05) is 5.32 Å². The van der Waals surface area contributed by atoms with Gasteiger partial charge in [-0.1, -0.05) is 13.8 Å². The Kier molecular flexibility index (Phi) is 5.09. The summed E-state index contributed by atoms with van der Waals surface area (Å²) in [4.78, 5) is 4.12. The van der Waals surface area contributed by atoms with Crippen LogP contribution in [0.5, 0.6) is 0 Å². The fourth-order valence-electron chi connectivity index (χ4n) is 1.43. The Hall–Kier alpha value is -0.570. The number of nitrogens with one attached hydrogen (secondary N) is 1. The van der Waals surface area contributed by atoms with Gasteiger partial charge in [-0.2, -0.15) is 0 Å². The van der Waals surface area contributed by atoms with Crippen LogP contribution in [0, 0.1) is 5.92 Å². The highest BCUT2D eigenvalue weighted by atomic mass is 79.9. The molecule has 1 unspecified atom stereocenters. The lowest BCUT2D eigenvalue weighted by atomic mass is 10.0. The largest absolute Gasteiger partial charge is 0.381 e. The molecule has 1 heterocycles. The van der Waals surface area contributed by atoms with Crippen molar-refractivity contribution in [2.24, 2.45) is 5.92 Å². The average molecular weight is 271 g/mol. The number of rotatable bonds is 5. The summed E-state index contributed by atoms with van der Waals surface area (Å²) in [5, 5.41) is 3.45. The minimum absolute atomic E-state index is 0.503. The Morgan fingerprint density at radius 3 is 2.60 bits per heavy atom. The molecule has 1 aromatic heterocycles. The third-order valence-electron chi connectivity index (χ3n) is 2.29. The van der Waals surface area contributed by atoms with Gasteiger partial charge >= 0.3 is 0 Å². The molecule has 1 rings (SSSR count). The van der Waals surface area contributed by atoms with E-state index in [0.717, 1.165) is 16.1 Å². The molecule has 0 bridgehead atoms. The Bertz CT molecular complexity index is 299. The molecule has 0 spiro atoms. The molecule has 0 fully saturated rings. The Morgan fingerprint density at radius 2 is 2.00 bits per heavy atom. The predicted molar refractivity (Wildman–Crippen MR) is 69.1 cm³/mol. The van der Waals surface area contributed by atoms with Crippen LogP contribution in [0.15, 0.2) is 22.9 Å². The molecule has 0 radical (unpaired) electrons. The Labute approximate surface area is 101 Å². The molecule has 0 aromatic carbocycles. The van der Waals surface area contributed by atoms with E-state index in [4.69, 9.17) is 0 Å². The summed E-state index contributed by atoms with van der Waals surface area (Å²) in [7, 11) is 0. The highest BCUT2D eigenvalue weighted by Gasteiger charge is 2.03. The van der Waals surface area contributed by atoms with Gasteiger partial charge in [0.15, 0.2) is 0 Å². The van der Waals surface area contributed by atoms with E-state index in [1.807, 2.05) is 6.20 Å². The summed E-state index contributed by atoms with van der Waals surface area (Å²) in [6, 6.07) is 2.56. The lowest BCUT2D eigenvalue weighted by Crippen LogP contribution is -2.15. The molecule has 0 amide bonds. The van der Waals surface area contributed by atoms with Gasteiger partial charge in [-0.3, -0.25) is 4.98 Å². The molecule has 84 valence electrons. The van der Waals surface area contributed by atoms with Gasteiger partial charge in [0.1, 0.15) is 0 Å². The summed E-state index contributed by atoms with van der Waals surface area (Å²) in [6.45, 7) is 6.73. The average Bonchev–Trinajstić information content (AvgIpc) is 2.15. The van der Waals surface area contributed by atoms with Crippen LogP contribution < -0.4 is 5.32 Å². The van der Waals surface area contributed by atoms with Gasteiger partial charge in [0.2, 0.25) is 0 Å². The van der Waals surface area contributed by atoms with Gasteiger partial charge in [0, 0.05) is 16.7 Å². The first kappa shape index (κ1) is 12.5. The zero-order valence-electron chi connectivity index (χ0n) is 9.63. The first-order chi connectivity index (χ1) is 7.08. The second kappa shape index (κ2) is 6.11. The third-order valence-corrected chi connectivity index (χ3v) is 2.73. The van der Waals surface area contributed by atoms with E-state index in [-0.39, 0.29) is 0 Å². The summed E-state index contributed by atoms with van der Waals surface area (Å²) in [5.41, 5.74) is 1.08. The van der Waals surface area contributed by atoms with Gasteiger partial charge in [-0.25, -0.2) is 0 Å². The minimum atomic E-state index is 0.503. The fraction of sp³-hybridized carbons (Fsp3) is 0.583. The van der Waals surface area contributed by atoms with Crippen LogP contribution in [0.1, 0.15) is 33.6 Å². The molecule has 0 saturated carbocycles. The minimum Gasteiger partial charge on any atom is -0.381 e. The van der Waals surface area contributed by atoms with Crippen molar-refractivity contribution >= 4 is 21.6 Å². The topological polar surface area (TPSA) is 24.9 Å². The van der Waals surface area contributed by atoms with Crippen molar-refractivity contribution in [3.8, 4) is 0 Å². The fourth-order valence-corrected chi connectivity index (χ4v) is 1.80.